The van der Waals surface area contributed by atoms with Gasteiger partial charge >= 0.3 is 0 Å². The lowest BCUT2D eigenvalue weighted by Gasteiger charge is -2.32. The third kappa shape index (κ3) is 4.00. The van der Waals surface area contributed by atoms with Gasteiger partial charge in [0.15, 0.2) is 0 Å². The molecule has 2 amide bonds. The van der Waals surface area contributed by atoms with Crippen LogP contribution < -0.4 is 10.1 Å². The van der Waals surface area contributed by atoms with Crippen LogP contribution in [-0.2, 0) is 4.79 Å². The first-order valence-corrected chi connectivity index (χ1v) is 7.95. The zero-order valence-corrected chi connectivity index (χ0v) is 13.3. The fourth-order valence-corrected chi connectivity index (χ4v) is 2.46. The molecular formula is C17H24N2O3. The summed E-state index contributed by atoms with van der Waals surface area (Å²) in [6.45, 7) is 5.65. The zero-order valence-electron chi connectivity index (χ0n) is 13.3. The van der Waals surface area contributed by atoms with Crippen molar-refractivity contribution in [3.8, 4) is 5.75 Å². The maximum atomic E-state index is 12.5. The number of nitrogens with one attached hydrogen (secondary N) is 1. The molecule has 5 heteroatoms. The number of piperazine rings is 1. The van der Waals surface area contributed by atoms with E-state index in [1.54, 1.807) is 24.0 Å². The molecule has 1 aliphatic rings. The molecule has 0 aliphatic carbocycles. The molecular weight excluding hydrogens is 280 g/mol. The van der Waals surface area contributed by atoms with Crippen molar-refractivity contribution in [1.29, 1.82) is 0 Å². The van der Waals surface area contributed by atoms with Crippen LogP contribution in [0.2, 0.25) is 0 Å². The van der Waals surface area contributed by atoms with Gasteiger partial charge in [-0.3, -0.25) is 9.59 Å². The second-order valence-electron chi connectivity index (χ2n) is 5.55. The van der Waals surface area contributed by atoms with E-state index in [9.17, 15) is 9.59 Å². The van der Waals surface area contributed by atoms with Crippen LogP contribution >= 0.6 is 0 Å². The van der Waals surface area contributed by atoms with Crippen molar-refractivity contribution in [1.82, 2.24) is 10.2 Å². The molecule has 0 radical (unpaired) electrons. The number of carbonyl (C=O) groups is 2. The van der Waals surface area contributed by atoms with Gasteiger partial charge in [-0.05, 0) is 37.6 Å². The summed E-state index contributed by atoms with van der Waals surface area (Å²) in [6.07, 6.45) is 3.36. The van der Waals surface area contributed by atoms with Gasteiger partial charge in [0.2, 0.25) is 5.91 Å². The van der Waals surface area contributed by atoms with Gasteiger partial charge in [-0.1, -0.05) is 19.8 Å². The first-order valence-electron chi connectivity index (χ1n) is 7.95. The molecule has 1 heterocycles. The van der Waals surface area contributed by atoms with E-state index in [2.05, 4.69) is 12.2 Å². The Morgan fingerprint density at radius 3 is 2.73 bits per heavy atom. The zero-order chi connectivity index (χ0) is 15.9. The smallest absolute Gasteiger partial charge is 0.254 e. The fraction of sp³-hybridized carbons (Fsp3) is 0.529. The van der Waals surface area contributed by atoms with Gasteiger partial charge < -0.3 is 15.0 Å². The van der Waals surface area contributed by atoms with E-state index < -0.39 is 6.04 Å². The van der Waals surface area contributed by atoms with Crippen molar-refractivity contribution < 1.29 is 14.3 Å². The number of nitrogens with zero attached hydrogens (tertiary/aromatic N) is 1. The third-order valence-electron chi connectivity index (χ3n) is 3.88. The topological polar surface area (TPSA) is 58.6 Å². The molecule has 0 aromatic heterocycles. The highest BCUT2D eigenvalue weighted by atomic mass is 16.5. The summed E-state index contributed by atoms with van der Waals surface area (Å²) >= 11 is 0. The minimum atomic E-state index is -0.425. The number of carbonyl (C=O) groups excluding carboxylic acids is 2. The Labute approximate surface area is 131 Å². The SMILES string of the molecule is CCCCCOc1ccc(C(=O)N2CCNC(=O)C2C)cc1. The molecule has 1 fully saturated rings. The van der Waals surface area contributed by atoms with E-state index in [-0.39, 0.29) is 11.8 Å². The van der Waals surface area contributed by atoms with E-state index in [1.807, 2.05) is 12.1 Å². The average Bonchev–Trinajstić information content (AvgIpc) is 2.54. The molecule has 2 rings (SSSR count). The van der Waals surface area contributed by atoms with Crippen LogP contribution in [0.4, 0.5) is 0 Å². The molecule has 1 saturated heterocycles. The number of benzene rings is 1. The Balaban J connectivity index is 1.94. The van der Waals surface area contributed by atoms with Crippen LogP contribution in [0.25, 0.3) is 0 Å². The Bertz CT molecular complexity index is 513. The maximum Gasteiger partial charge on any atom is 0.254 e. The van der Waals surface area contributed by atoms with E-state index in [1.165, 1.54) is 6.42 Å². The Morgan fingerprint density at radius 1 is 1.32 bits per heavy atom. The standard InChI is InChI=1S/C17H24N2O3/c1-3-4-5-12-22-15-8-6-14(7-9-15)17(21)19-11-10-18-16(20)13(19)2/h6-9,13H,3-5,10-12H2,1-2H3,(H,18,20). The number of amides is 2. The van der Waals surface area contributed by atoms with Crippen LogP contribution in [0.15, 0.2) is 24.3 Å². The molecule has 1 aliphatic heterocycles. The molecule has 0 bridgehead atoms. The Kier molecular flexibility index (Phi) is 5.81. The van der Waals surface area contributed by atoms with Gasteiger partial charge in [0.25, 0.3) is 5.91 Å². The predicted molar refractivity (Wildman–Crippen MR) is 85.0 cm³/mol. The van der Waals surface area contributed by atoms with Gasteiger partial charge in [0, 0.05) is 18.7 Å². The number of ether oxygens (including phenoxy) is 1. The van der Waals surface area contributed by atoms with Crippen molar-refractivity contribution in [3.05, 3.63) is 29.8 Å². The molecule has 1 N–H and O–H groups in total. The van der Waals surface area contributed by atoms with E-state index in [4.69, 9.17) is 4.74 Å². The highest BCUT2D eigenvalue weighted by molar-refractivity contribution is 5.98. The van der Waals surface area contributed by atoms with Gasteiger partial charge in [-0.25, -0.2) is 0 Å². The van der Waals surface area contributed by atoms with Crippen LogP contribution in [0.5, 0.6) is 5.75 Å². The molecule has 5 nitrogen and oxygen atoms in total. The quantitative estimate of drug-likeness (QED) is 0.820. The molecule has 120 valence electrons. The van der Waals surface area contributed by atoms with E-state index in [0.717, 1.165) is 18.6 Å². The third-order valence-corrected chi connectivity index (χ3v) is 3.88. The van der Waals surface area contributed by atoms with E-state index in [0.29, 0.717) is 25.3 Å². The highest BCUT2D eigenvalue weighted by Crippen LogP contribution is 2.16. The molecule has 1 aromatic carbocycles. The maximum absolute atomic E-state index is 12.5. The van der Waals surface area contributed by atoms with Crippen LogP contribution in [-0.4, -0.2) is 42.5 Å². The second-order valence-corrected chi connectivity index (χ2v) is 5.55. The molecule has 1 aromatic rings. The molecule has 0 spiro atoms. The molecule has 0 saturated carbocycles. The molecule has 22 heavy (non-hydrogen) atoms. The highest BCUT2D eigenvalue weighted by Gasteiger charge is 2.29. The predicted octanol–water partition coefficient (Wildman–Crippen LogP) is 2.22. The minimum Gasteiger partial charge on any atom is -0.494 e. The van der Waals surface area contributed by atoms with E-state index >= 15 is 0 Å². The fourth-order valence-electron chi connectivity index (χ4n) is 2.46. The van der Waals surface area contributed by atoms with Crippen molar-refractivity contribution in [2.24, 2.45) is 0 Å². The summed E-state index contributed by atoms with van der Waals surface area (Å²) in [5.41, 5.74) is 0.586. The van der Waals surface area contributed by atoms with Gasteiger partial charge in [-0.2, -0.15) is 0 Å². The van der Waals surface area contributed by atoms with Crippen LogP contribution in [0, 0.1) is 0 Å². The summed E-state index contributed by atoms with van der Waals surface area (Å²) in [7, 11) is 0. The van der Waals surface area contributed by atoms with Gasteiger partial charge in [0.1, 0.15) is 11.8 Å². The lowest BCUT2D eigenvalue weighted by atomic mass is 10.1. The lowest BCUT2D eigenvalue weighted by Crippen LogP contribution is -2.55. The van der Waals surface area contributed by atoms with Gasteiger partial charge in [0.05, 0.1) is 6.61 Å². The summed E-state index contributed by atoms with van der Waals surface area (Å²) in [5, 5.41) is 2.76. The van der Waals surface area contributed by atoms with Gasteiger partial charge in [-0.15, -0.1) is 0 Å². The average molecular weight is 304 g/mol. The van der Waals surface area contributed by atoms with Crippen molar-refractivity contribution in [2.75, 3.05) is 19.7 Å². The minimum absolute atomic E-state index is 0.101. The molecule has 1 unspecified atom stereocenters. The van der Waals surface area contributed by atoms with Crippen LogP contribution in [0.1, 0.15) is 43.5 Å². The van der Waals surface area contributed by atoms with Crippen molar-refractivity contribution in [3.63, 3.8) is 0 Å². The number of hydrogen-bond donors (Lipinski definition) is 1. The van der Waals surface area contributed by atoms with Crippen LogP contribution in [0.3, 0.4) is 0 Å². The summed E-state index contributed by atoms with van der Waals surface area (Å²) in [5.74, 6) is 0.562. The van der Waals surface area contributed by atoms with Crippen molar-refractivity contribution in [2.45, 2.75) is 39.2 Å². The molecule has 1 atom stereocenters. The first-order chi connectivity index (χ1) is 10.6. The first kappa shape index (κ1) is 16.3. The largest absolute Gasteiger partial charge is 0.494 e. The Morgan fingerprint density at radius 2 is 2.05 bits per heavy atom. The number of unbranched alkanes of at least 4 members (excludes halogenated alkanes) is 2. The lowest BCUT2D eigenvalue weighted by molar-refractivity contribution is -0.127. The monoisotopic (exact) mass is 304 g/mol. The number of rotatable bonds is 6. The second kappa shape index (κ2) is 7.82. The summed E-state index contributed by atoms with van der Waals surface area (Å²) in [4.78, 5) is 25.7. The Hall–Kier alpha value is -2.04. The normalized spacial score (nSPS) is 18.0. The summed E-state index contributed by atoms with van der Waals surface area (Å²) in [6, 6.07) is 6.72. The summed E-state index contributed by atoms with van der Waals surface area (Å²) < 4.78 is 5.64. The number of hydrogen-bond acceptors (Lipinski definition) is 3. The van der Waals surface area contributed by atoms with Crippen molar-refractivity contribution >= 4 is 11.8 Å².